The molecule has 1 saturated heterocycles. The van der Waals surface area contributed by atoms with Crippen LogP contribution in [0.15, 0.2) is 6.07 Å². The molecule has 0 atom stereocenters. The number of nitrogens with zero attached hydrogens (tertiary/aromatic N) is 3. The molecular formula is C17H30N4. The van der Waals surface area contributed by atoms with Crippen molar-refractivity contribution < 1.29 is 0 Å². The molecule has 0 aromatic carbocycles. The molecule has 1 N–H and O–H groups in total. The lowest BCUT2D eigenvalue weighted by Gasteiger charge is -2.33. The summed E-state index contributed by atoms with van der Waals surface area (Å²) in [6.45, 7) is 15.3. The summed E-state index contributed by atoms with van der Waals surface area (Å²) in [5.41, 5.74) is 0.147. The average molecular weight is 290 g/mol. The molecule has 2 heterocycles. The highest BCUT2D eigenvalue weighted by Gasteiger charge is 2.33. The smallest absolute Gasteiger partial charge is 0.138 e. The van der Waals surface area contributed by atoms with Gasteiger partial charge in [0, 0.05) is 30.1 Å². The second-order valence-corrected chi connectivity index (χ2v) is 7.68. The predicted octanol–water partition coefficient (Wildman–Crippen LogP) is 3.97. The Kier molecular flexibility index (Phi) is 4.45. The fourth-order valence-corrected chi connectivity index (χ4v) is 2.78. The van der Waals surface area contributed by atoms with Crippen LogP contribution >= 0.6 is 0 Å². The Morgan fingerprint density at radius 2 is 2.00 bits per heavy atom. The van der Waals surface area contributed by atoms with E-state index in [1.807, 2.05) is 0 Å². The topological polar surface area (TPSA) is 41.0 Å². The monoisotopic (exact) mass is 290 g/mol. The zero-order valence-corrected chi connectivity index (χ0v) is 14.5. The van der Waals surface area contributed by atoms with Gasteiger partial charge in [-0.15, -0.1) is 0 Å². The van der Waals surface area contributed by atoms with Crippen LogP contribution in [0.1, 0.15) is 66.6 Å². The molecule has 0 aliphatic carbocycles. The van der Waals surface area contributed by atoms with E-state index >= 15 is 0 Å². The highest BCUT2D eigenvalue weighted by atomic mass is 15.3. The largest absolute Gasteiger partial charge is 0.370 e. The number of rotatable bonds is 4. The van der Waals surface area contributed by atoms with Crippen molar-refractivity contribution in [2.75, 3.05) is 23.3 Å². The van der Waals surface area contributed by atoms with Crippen molar-refractivity contribution in [3.05, 3.63) is 11.9 Å². The molecule has 0 radical (unpaired) electrons. The van der Waals surface area contributed by atoms with Crippen molar-refractivity contribution in [1.29, 1.82) is 0 Å². The Hall–Kier alpha value is -1.32. The summed E-state index contributed by atoms with van der Waals surface area (Å²) >= 11 is 0. The van der Waals surface area contributed by atoms with Gasteiger partial charge in [-0.2, -0.15) is 0 Å². The molecule has 4 heteroatoms. The Morgan fingerprint density at radius 1 is 1.29 bits per heavy atom. The van der Waals surface area contributed by atoms with E-state index < -0.39 is 0 Å². The molecule has 2 rings (SSSR count). The fourth-order valence-electron chi connectivity index (χ4n) is 2.78. The molecule has 1 aromatic rings. The zero-order chi connectivity index (χ0) is 15.7. The van der Waals surface area contributed by atoms with Crippen molar-refractivity contribution in [2.45, 2.75) is 71.8 Å². The minimum absolute atomic E-state index is 0.0392. The molecular weight excluding hydrogens is 260 g/mol. The van der Waals surface area contributed by atoms with Crippen LogP contribution in [0, 0.1) is 0 Å². The summed E-state index contributed by atoms with van der Waals surface area (Å²) in [4.78, 5) is 12.0. The van der Waals surface area contributed by atoms with Gasteiger partial charge in [0.15, 0.2) is 0 Å². The van der Waals surface area contributed by atoms with Gasteiger partial charge in [0.1, 0.15) is 17.5 Å². The van der Waals surface area contributed by atoms with E-state index in [0.717, 1.165) is 37.0 Å². The summed E-state index contributed by atoms with van der Waals surface area (Å²) in [5, 5.41) is 3.42. The molecule has 21 heavy (non-hydrogen) atoms. The number of hydrogen-bond acceptors (Lipinski definition) is 4. The van der Waals surface area contributed by atoms with Gasteiger partial charge in [-0.05, 0) is 33.1 Å². The maximum Gasteiger partial charge on any atom is 0.138 e. The highest BCUT2D eigenvalue weighted by molar-refractivity contribution is 5.52. The number of aromatic nitrogens is 2. The van der Waals surface area contributed by atoms with E-state index in [0.29, 0.717) is 0 Å². The standard InChI is InChI=1S/C17H30N4/c1-7-10-18-13-12-14(20-15(19-13)16(2,3)4)21-11-8-9-17(21,5)6/h12H,7-11H2,1-6H3,(H,18,19,20). The van der Waals surface area contributed by atoms with Crippen molar-refractivity contribution in [1.82, 2.24) is 9.97 Å². The van der Waals surface area contributed by atoms with Crippen molar-refractivity contribution in [3.8, 4) is 0 Å². The Labute approximate surface area is 129 Å². The first-order valence-corrected chi connectivity index (χ1v) is 8.15. The summed E-state index contributed by atoms with van der Waals surface area (Å²) in [5.74, 6) is 2.94. The van der Waals surface area contributed by atoms with Gasteiger partial charge in [-0.3, -0.25) is 0 Å². The minimum atomic E-state index is -0.0392. The van der Waals surface area contributed by atoms with Gasteiger partial charge < -0.3 is 10.2 Å². The van der Waals surface area contributed by atoms with Crippen LogP contribution in [0.25, 0.3) is 0 Å². The first kappa shape index (κ1) is 16.1. The Bertz CT molecular complexity index is 488. The van der Waals surface area contributed by atoms with Crippen molar-refractivity contribution in [2.24, 2.45) is 0 Å². The lowest BCUT2D eigenvalue weighted by molar-refractivity contribution is 0.506. The maximum absolute atomic E-state index is 4.87. The van der Waals surface area contributed by atoms with Crippen LogP contribution in [0.5, 0.6) is 0 Å². The van der Waals surface area contributed by atoms with Crippen LogP contribution in [0.2, 0.25) is 0 Å². The third-order valence-electron chi connectivity index (χ3n) is 4.12. The fraction of sp³-hybridized carbons (Fsp3) is 0.765. The number of anilines is 2. The summed E-state index contributed by atoms with van der Waals surface area (Å²) in [6.07, 6.45) is 3.55. The van der Waals surface area contributed by atoms with Crippen LogP contribution in [-0.4, -0.2) is 28.6 Å². The van der Waals surface area contributed by atoms with E-state index in [4.69, 9.17) is 9.97 Å². The molecule has 0 saturated carbocycles. The van der Waals surface area contributed by atoms with Crippen LogP contribution in [0.3, 0.4) is 0 Å². The minimum Gasteiger partial charge on any atom is -0.370 e. The molecule has 118 valence electrons. The summed E-state index contributed by atoms with van der Waals surface area (Å²) in [7, 11) is 0. The molecule has 1 aliphatic rings. The SMILES string of the molecule is CCCNc1cc(N2CCCC2(C)C)nc(C(C)(C)C)n1. The summed E-state index contributed by atoms with van der Waals surface area (Å²) < 4.78 is 0. The molecule has 0 bridgehead atoms. The molecule has 4 nitrogen and oxygen atoms in total. The van der Waals surface area contributed by atoms with E-state index in [1.54, 1.807) is 0 Å². The van der Waals surface area contributed by atoms with Crippen LogP contribution in [0.4, 0.5) is 11.6 Å². The first-order chi connectivity index (χ1) is 9.74. The summed E-state index contributed by atoms with van der Waals surface area (Å²) in [6, 6.07) is 2.11. The lowest BCUT2D eigenvalue weighted by atomic mass is 9.95. The normalized spacial score (nSPS) is 18.1. The van der Waals surface area contributed by atoms with Crippen LogP contribution < -0.4 is 10.2 Å². The van der Waals surface area contributed by atoms with Crippen molar-refractivity contribution >= 4 is 11.6 Å². The van der Waals surface area contributed by atoms with Gasteiger partial charge in [-0.1, -0.05) is 27.7 Å². The zero-order valence-electron chi connectivity index (χ0n) is 14.5. The highest BCUT2D eigenvalue weighted by Crippen LogP contribution is 2.34. The second kappa shape index (κ2) is 5.82. The molecule has 1 aliphatic heterocycles. The molecule has 1 fully saturated rings. The quantitative estimate of drug-likeness (QED) is 0.911. The maximum atomic E-state index is 4.87. The Morgan fingerprint density at radius 3 is 2.52 bits per heavy atom. The van der Waals surface area contributed by atoms with E-state index in [9.17, 15) is 0 Å². The van der Waals surface area contributed by atoms with Crippen LogP contribution in [-0.2, 0) is 5.41 Å². The Balaban J connectivity index is 2.40. The molecule has 1 aromatic heterocycles. The van der Waals surface area contributed by atoms with Gasteiger partial charge in [0.2, 0.25) is 0 Å². The molecule has 0 spiro atoms. The third-order valence-corrected chi connectivity index (χ3v) is 4.12. The second-order valence-electron chi connectivity index (χ2n) is 7.68. The number of nitrogens with one attached hydrogen (secondary N) is 1. The van der Waals surface area contributed by atoms with Gasteiger partial charge in [0.25, 0.3) is 0 Å². The first-order valence-electron chi connectivity index (χ1n) is 8.15. The molecule has 0 unspecified atom stereocenters. The average Bonchev–Trinajstić information content (AvgIpc) is 2.74. The molecule has 0 amide bonds. The lowest BCUT2D eigenvalue weighted by Crippen LogP contribution is -2.39. The van der Waals surface area contributed by atoms with E-state index in [2.05, 4.69) is 57.8 Å². The van der Waals surface area contributed by atoms with E-state index in [-0.39, 0.29) is 11.0 Å². The number of hydrogen-bond donors (Lipinski definition) is 1. The van der Waals surface area contributed by atoms with Gasteiger partial charge in [-0.25, -0.2) is 9.97 Å². The van der Waals surface area contributed by atoms with Crippen molar-refractivity contribution in [3.63, 3.8) is 0 Å². The van der Waals surface area contributed by atoms with E-state index in [1.165, 1.54) is 12.8 Å². The predicted molar refractivity (Wildman–Crippen MR) is 90.2 cm³/mol. The van der Waals surface area contributed by atoms with Gasteiger partial charge >= 0.3 is 0 Å². The third kappa shape index (κ3) is 3.66. The van der Waals surface area contributed by atoms with Gasteiger partial charge in [0.05, 0.1) is 0 Å².